The molecule has 7 heteroatoms. The van der Waals surface area contributed by atoms with Gasteiger partial charge in [-0.15, -0.1) is 0 Å². The number of fused-ring (bicyclic) bond motifs is 1. The Hall–Kier alpha value is -3.09. The van der Waals surface area contributed by atoms with Gasteiger partial charge in [0.15, 0.2) is 5.82 Å². The van der Waals surface area contributed by atoms with Crippen LogP contribution in [0.25, 0.3) is 0 Å². The Labute approximate surface area is 140 Å². The summed E-state index contributed by atoms with van der Waals surface area (Å²) in [5.41, 5.74) is 9.15. The van der Waals surface area contributed by atoms with Crippen LogP contribution in [0, 0.1) is 0 Å². The Morgan fingerprint density at radius 3 is 2.83 bits per heavy atom. The summed E-state index contributed by atoms with van der Waals surface area (Å²) in [6.07, 6.45) is -0.568. The quantitative estimate of drug-likeness (QED) is 0.805. The zero-order chi connectivity index (χ0) is 17.1. The fourth-order valence-electron chi connectivity index (χ4n) is 2.53. The molecule has 0 aliphatic carbocycles. The van der Waals surface area contributed by atoms with Crippen molar-refractivity contribution in [2.24, 2.45) is 4.99 Å². The van der Waals surface area contributed by atoms with Gasteiger partial charge in [-0.3, -0.25) is 0 Å². The van der Waals surface area contributed by atoms with Gasteiger partial charge in [0.25, 0.3) is 0 Å². The van der Waals surface area contributed by atoms with E-state index in [1.165, 1.54) is 0 Å². The van der Waals surface area contributed by atoms with Crippen molar-refractivity contribution >= 4 is 29.0 Å². The van der Waals surface area contributed by atoms with Crippen LogP contribution in [0.2, 0.25) is 0 Å². The van der Waals surface area contributed by atoms with Gasteiger partial charge < -0.3 is 21.1 Å². The number of amides is 1. The average molecular weight is 325 g/mol. The molecule has 0 radical (unpaired) electrons. The molecule has 24 heavy (non-hydrogen) atoms. The zero-order valence-electron chi connectivity index (χ0n) is 13.5. The normalized spacial score (nSPS) is 15.8. The summed E-state index contributed by atoms with van der Waals surface area (Å²) < 4.78 is 5.12. The Morgan fingerprint density at radius 2 is 2.12 bits per heavy atom. The number of hydrogen-bond acceptors (Lipinski definition) is 6. The Morgan fingerprint density at radius 1 is 1.38 bits per heavy atom. The summed E-state index contributed by atoms with van der Waals surface area (Å²) in [5, 5.41) is 5.87. The van der Waals surface area contributed by atoms with Crippen LogP contribution >= 0.6 is 0 Å². The zero-order valence-corrected chi connectivity index (χ0v) is 13.5. The number of nitrogen functional groups attached to an aromatic ring is 1. The van der Waals surface area contributed by atoms with E-state index in [9.17, 15) is 4.79 Å². The minimum absolute atomic E-state index is 0.0148. The molecule has 0 fully saturated rings. The fourth-order valence-corrected chi connectivity index (χ4v) is 2.53. The molecule has 1 atom stereocenters. The minimum atomic E-state index is -0.568. The number of benzene rings is 1. The smallest absolute Gasteiger partial charge is 0.391 e. The number of carbonyl (C=O) groups is 1. The van der Waals surface area contributed by atoms with Crippen LogP contribution in [-0.4, -0.2) is 29.4 Å². The number of carbonyl (C=O) groups excluding carboxylic acids is 1. The van der Waals surface area contributed by atoms with Gasteiger partial charge >= 0.3 is 6.09 Å². The molecule has 2 heterocycles. The molecule has 0 saturated carbocycles. The van der Waals surface area contributed by atoms with Crippen molar-refractivity contribution in [2.75, 3.05) is 17.6 Å². The highest BCUT2D eigenvalue weighted by Crippen LogP contribution is 2.37. The van der Waals surface area contributed by atoms with E-state index in [0.29, 0.717) is 17.9 Å². The first-order chi connectivity index (χ1) is 11.6. The number of nitrogens with one attached hydrogen (secondary N) is 2. The van der Waals surface area contributed by atoms with Crippen LogP contribution in [0.3, 0.4) is 0 Å². The molecule has 0 bridgehead atoms. The maximum absolute atomic E-state index is 11.5. The van der Waals surface area contributed by atoms with Gasteiger partial charge in [0, 0.05) is 12.6 Å². The van der Waals surface area contributed by atoms with E-state index in [0.717, 1.165) is 11.3 Å². The average Bonchev–Trinajstić information content (AvgIpc) is 2.55. The van der Waals surface area contributed by atoms with E-state index in [2.05, 4.69) is 20.6 Å². The summed E-state index contributed by atoms with van der Waals surface area (Å²) >= 11 is 0. The predicted octanol–water partition coefficient (Wildman–Crippen LogP) is 2.71. The maximum atomic E-state index is 11.5. The summed E-state index contributed by atoms with van der Waals surface area (Å²) in [4.78, 5) is 20.3. The lowest BCUT2D eigenvalue weighted by molar-refractivity contribution is 0.199. The van der Waals surface area contributed by atoms with Crippen LogP contribution in [0.4, 0.5) is 22.0 Å². The number of nitrogens with two attached hydrogens (primary N) is 1. The number of rotatable bonds is 3. The van der Waals surface area contributed by atoms with E-state index >= 15 is 0 Å². The molecule has 4 N–H and O–H groups in total. The van der Waals surface area contributed by atoms with E-state index in [1.807, 2.05) is 37.3 Å². The number of anilines is 2. The Kier molecular flexibility index (Phi) is 4.33. The highest BCUT2D eigenvalue weighted by molar-refractivity contribution is 6.10. The second-order valence-corrected chi connectivity index (χ2v) is 5.39. The number of ether oxygens (including phenoxy) is 1. The third-order valence-electron chi connectivity index (χ3n) is 3.60. The highest BCUT2D eigenvalue weighted by atomic mass is 16.6. The van der Waals surface area contributed by atoms with Crippen LogP contribution in [0.1, 0.15) is 19.4 Å². The Balaban J connectivity index is 1.95. The number of nitrogens with zero attached hydrogens (tertiary/aromatic N) is 2. The molecule has 0 unspecified atom stereocenters. The van der Waals surface area contributed by atoms with Crippen LogP contribution in [0.15, 0.2) is 41.4 Å². The topological polar surface area (TPSA) is 102 Å². The molecule has 1 aliphatic heterocycles. The van der Waals surface area contributed by atoms with Crippen molar-refractivity contribution in [3.05, 3.63) is 42.0 Å². The predicted molar refractivity (Wildman–Crippen MR) is 94.1 cm³/mol. The van der Waals surface area contributed by atoms with Crippen molar-refractivity contribution in [2.45, 2.75) is 19.9 Å². The van der Waals surface area contributed by atoms with E-state index in [4.69, 9.17) is 10.5 Å². The van der Waals surface area contributed by atoms with Crippen LogP contribution < -0.4 is 21.1 Å². The lowest BCUT2D eigenvalue weighted by Crippen LogP contribution is -2.30. The third-order valence-corrected chi connectivity index (χ3v) is 3.60. The summed E-state index contributed by atoms with van der Waals surface area (Å²) in [6, 6.07) is 11.5. The summed E-state index contributed by atoms with van der Waals surface area (Å²) in [6.45, 7) is 4.29. The largest absolute Gasteiger partial charge is 0.413 e. The van der Waals surface area contributed by atoms with Gasteiger partial charge in [-0.1, -0.05) is 30.3 Å². The number of aromatic nitrogens is 1. The monoisotopic (exact) mass is 325 g/mol. The van der Waals surface area contributed by atoms with Crippen molar-refractivity contribution in [3.63, 3.8) is 0 Å². The molecule has 0 spiro atoms. The SMILES string of the molecule is CCNC(=O)Oc1cc2c(c(N)n1)N=C(c1ccccc1)[C@@H](C)N2. The lowest BCUT2D eigenvalue weighted by atomic mass is 10.0. The first-order valence-electron chi connectivity index (χ1n) is 7.75. The third kappa shape index (κ3) is 3.15. The first kappa shape index (κ1) is 15.8. The minimum Gasteiger partial charge on any atom is -0.391 e. The molecule has 1 amide bonds. The number of aliphatic imine (C=N–C) groups is 1. The van der Waals surface area contributed by atoms with E-state index in [-0.39, 0.29) is 17.7 Å². The summed E-state index contributed by atoms with van der Waals surface area (Å²) in [7, 11) is 0. The molecular weight excluding hydrogens is 306 g/mol. The lowest BCUT2D eigenvalue weighted by Gasteiger charge is -2.25. The van der Waals surface area contributed by atoms with Crippen LogP contribution in [-0.2, 0) is 0 Å². The number of pyridine rings is 1. The van der Waals surface area contributed by atoms with Crippen molar-refractivity contribution in [1.29, 1.82) is 0 Å². The molecule has 1 aromatic heterocycles. The molecule has 1 aliphatic rings. The van der Waals surface area contributed by atoms with Gasteiger partial charge in [0.2, 0.25) is 5.88 Å². The Bertz CT molecular complexity index is 789. The first-order valence-corrected chi connectivity index (χ1v) is 7.75. The van der Waals surface area contributed by atoms with Crippen molar-refractivity contribution < 1.29 is 9.53 Å². The van der Waals surface area contributed by atoms with E-state index in [1.54, 1.807) is 13.0 Å². The molecule has 3 rings (SSSR count). The second-order valence-electron chi connectivity index (χ2n) is 5.39. The van der Waals surface area contributed by atoms with Gasteiger partial charge in [-0.25, -0.2) is 9.79 Å². The molecule has 1 aromatic carbocycles. The van der Waals surface area contributed by atoms with Gasteiger partial charge in [0.1, 0.15) is 5.69 Å². The van der Waals surface area contributed by atoms with Crippen molar-refractivity contribution in [1.82, 2.24) is 10.3 Å². The van der Waals surface area contributed by atoms with Gasteiger partial charge in [-0.05, 0) is 19.4 Å². The maximum Gasteiger partial charge on any atom is 0.413 e. The fraction of sp³-hybridized carbons (Fsp3) is 0.235. The summed E-state index contributed by atoms with van der Waals surface area (Å²) in [5.74, 6) is 0.342. The number of hydrogen-bond donors (Lipinski definition) is 3. The van der Waals surface area contributed by atoms with E-state index < -0.39 is 6.09 Å². The molecule has 2 aromatic rings. The molecule has 0 saturated heterocycles. The van der Waals surface area contributed by atoms with Crippen molar-refractivity contribution in [3.8, 4) is 5.88 Å². The van der Waals surface area contributed by atoms with Gasteiger partial charge in [0.05, 0.1) is 17.4 Å². The standard InChI is InChI=1S/C17H19N5O2/c1-3-19-17(23)24-13-9-12-15(16(18)21-13)22-14(10(2)20-12)11-7-5-4-6-8-11/h4-10,20H,3H2,1-2H3,(H2,18,21)(H,19,23)/t10-/m1/s1. The van der Waals surface area contributed by atoms with Gasteiger partial charge in [-0.2, -0.15) is 4.98 Å². The second kappa shape index (κ2) is 6.57. The molecule has 124 valence electrons. The highest BCUT2D eigenvalue weighted by Gasteiger charge is 2.23. The molecular formula is C17H19N5O2. The van der Waals surface area contributed by atoms with Crippen LogP contribution in [0.5, 0.6) is 5.88 Å². The molecule has 7 nitrogen and oxygen atoms in total.